The van der Waals surface area contributed by atoms with Crippen molar-refractivity contribution in [3.63, 3.8) is 0 Å². The summed E-state index contributed by atoms with van der Waals surface area (Å²) in [6.07, 6.45) is 0.618. The first-order valence-electron chi connectivity index (χ1n) is 6.27. The molecule has 0 aromatic carbocycles. The summed E-state index contributed by atoms with van der Waals surface area (Å²) in [5.41, 5.74) is 0. The van der Waals surface area contributed by atoms with Crippen LogP contribution < -0.4 is 5.32 Å². The van der Waals surface area contributed by atoms with Crippen LogP contribution in [0.4, 0.5) is 0 Å². The third-order valence-corrected chi connectivity index (χ3v) is 2.15. The zero-order valence-corrected chi connectivity index (χ0v) is 11.1. The van der Waals surface area contributed by atoms with Crippen molar-refractivity contribution in [1.82, 2.24) is 5.32 Å². The van der Waals surface area contributed by atoms with Gasteiger partial charge in [-0.3, -0.25) is 9.59 Å². The molecule has 0 rings (SSSR count). The Kier molecular flexibility index (Phi) is 10.3. The average molecular weight is 261 g/mol. The van der Waals surface area contributed by atoms with Gasteiger partial charge in [0, 0.05) is 26.2 Å². The molecule has 1 unspecified atom stereocenters. The number of hydrogen-bond donors (Lipinski definition) is 2. The summed E-state index contributed by atoms with van der Waals surface area (Å²) >= 11 is 0. The minimum Gasteiger partial charge on any atom is -0.481 e. The first-order valence-corrected chi connectivity index (χ1v) is 6.27. The maximum Gasteiger partial charge on any atom is 0.306 e. The molecule has 0 aromatic rings. The first-order chi connectivity index (χ1) is 8.60. The van der Waals surface area contributed by atoms with Crippen molar-refractivity contribution >= 4 is 11.9 Å². The maximum absolute atomic E-state index is 11.4. The van der Waals surface area contributed by atoms with E-state index in [0.717, 1.165) is 6.42 Å². The second kappa shape index (κ2) is 11.0. The van der Waals surface area contributed by atoms with Crippen molar-refractivity contribution in [1.29, 1.82) is 0 Å². The number of carbonyl (C=O) groups is 2. The zero-order chi connectivity index (χ0) is 13.8. The quantitative estimate of drug-likeness (QED) is 0.537. The molecule has 0 spiro atoms. The van der Waals surface area contributed by atoms with Crippen LogP contribution >= 0.6 is 0 Å². The molecule has 18 heavy (non-hydrogen) atoms. The fourth-order valence-electron chi connectivity index (χ4n) is 1.35. The minimum atomic E-state index is -0.936. The topological polar surface area (TPSA) is 84.9 Å². The van der Waals surface area contributed by atoms with Crippen molar-refractivity contribution in [3.8, 4) is 0 Å². The van der Waals surface area contributed by atoms with Crippen LogP contribution in [0.1, 0.15) is 33.1 Å². The number of carboxylic acid groups (broad SMARTS) is 1. The second-order valence-electron chi connectivity index (χ2n) is 3.84. The smallest absolute Gasteiger partial charge is 0.306 e. The Balaban J connectivity index is 3.74. The highest BCUT2D eigenvalue weighted by Crippen LogP contribution is 1.98. The molecule has 6 nitrogen and oxygen atoms in total. The average Bonchev–Trinajstić information content (AvgIpc) is 2.31. The van der Waals surface area contributed by atoms with Gasteiger partial charge in [-0.2, -0.15) is 0 Å². The van der Waals surface area contributed by atoms with E-state index in [1.54, 1.807) is 6.92 Å². The Hall–Kier alpha value is -1.14. The van der Waals surface area contributed by atoms with Gasteiger partial charge < -0.3 is 19.9 Å². The standard InChI is InChI=1S/C12H23NO5/c1-3-6-17-7-5-11(14)13-9-10(18-4-2)8-12(15)16/h10H,3-9H2,1-2H3,(H,13,14)(H,15,16). The molecule has 0 aliphatic rings. The summed E-state index contributed by atoms with van der Waals surface area (Å²) in [5, 5.41) is 11.3. The zero-order valence-electron chi connectivity index (χ0n) is 11.1. The molecule has 0 bridgehead atoms. The molecule has 0 radical (unpaired) electrons. The fraction of sp³-hybridized carbons (Fsp3) is 0.833. The molecule has 0 aromatic heterocycles. The number of nitrogens with one attached hydrogen (secondary N) is 1. The van der Waals surface area contributed by atoms with E-state index in [1.807, 2.05) is 6.92 Å². The lowest BCUT2D eigenvalue weighted by atomic mass is 10.2. The predicted molar refractivity (Wildman–Crippen MR) is 66.4 cm³/mol. The SMILES string of the molecule is CCCOCCC(=O)NCC(CC(=O)O)OCC. The molecule has 106 valence electrons. The number of amides is 1. The van der Waals surface area contributed by atoms with E-state index < -0.39 is 12.1 Å². The van der Waals surface area contributed by atoms with Gasteiger partial charge in [-0.1, -0.05) is 6.92 Å². The number of carbonyl (C=O) groups excluding carboxylic acids is 1. The van der Waals surface area contributed by atoms with Crippen LogP contribution in [0, 0.1) is 0 Å². The van der Waals surface area contributed by atoms with Gasteiger partial charge in [0.1, 0.15) is 0 Å². The lowest BCUT2D eigenvalue weighted by Crippen LogP contribution is -2.35. The van der Waals surface area contributed by atoms with Gasteiger partial charge in [0.15, 0.2) is 0 Å². The number of aliphatic carboxylic acids is 1. The van der Waals surface area contributed by atoms with Crippen LogP contribution in [-0.4, -0.2) is 49.5 Å². The number of rotatable bonds is 11. The summed E-state index contributed by atoms with van der Waals surface area (Å²) in [7, 11) is 0. The summed E-state index contributed by atoms with van der Waals surface area (Å²) in [6.45, 7) is 5.46. The monoisotopic (exact) mass is 261 g/mol. The predicted octanol–water partition coefficient (Wildman–Crippen LogP) is 0.799. The van der Waals surface area contributed by atoms with Gasteiger partial charge in [-0.05, 0) is 13.3 Å². The van der Waals surface area contributed by atoms with Crippen LogP contribution in [0.15, 0.2) is 0 Å². The summed E-state index contributed by atoms with van der Waals surface area (Å²) in [5.74, 6) is -1.09. The second-order valence-corrected chi connectivity index (χ2v) is 3.84. The molecular formula is C12H23NO5. The lowest BCUT2D eigenvalue weighted by Gasteiger charge is -2.15. The van der Waals surface area contributed by atoms with Gasteiger partial charge in [-0.15, -0.1) is 0 Å². The first kappa shape index (κ1) is 16.9. The molecule has 1 amide bonds. The van der Waals surface area contributed by atoms with Gasteiger partial charge >= 0.3 is 5.97 Å². The molecule has 2 N–H and O–H groups in total. The largest absolute Gasteiger partial charge is 0.481 e. The van der Waals surface area contributed by atoms with Gasteiger partial charge in [-0.25, -0.2) is 0 Å². The Morgan fingerprint density at radius 2 is 2.00 bits per heavy atom. The Labute approximate surface area is 108 Å². The molecular weight excluding hydrogens is 238 g/mol. The van der Waals surface area contributed by atoms with E-state index in [1.165, 1.54) is 0 Å². The van der Waals surface area contributed by atoms with E-state index >= 15 is 0 Å². The maximum atomic E-state index is 11.4. The van der Waals surface area contributed by atoms with E-state index in [9.17, 15) is 9.59 Å². The van der Waals surface area contributed by atoms with Crippen molar-refractivity contribution in [2.75, 3.05) is 26.4 Å². The van der Waals surface area contributed by atoms with Gasteiger partial charge in [0.25, 0.3) is 0 Å². The van der Waals surface area contributed by atoms with Gasteiger partial charge in [0.2, 0.25) is 5.91 Å². The third kappa shape index (κ3) is 10.0. The summed E-state index contributed by atoms with van der Waals surface area (Å²) in [6, 6.07) is 0. The van der Waals surface area contributed by atoms with Crippen LogP contribution in [0.5, 0.6) is 0 Å². The minimum absolute atomic E-state index is 0.111. The summed E-state index contributed by atoms with van der Waals surface area (Å²) < 4.78 is 10.4. The molecule has 6 heteroatoms. The van der Waals surface area contributed by atoms with Crippen molar-refractivity contribution in [3.05, 3.63) is 0 Å². The molecule has 0 saturated carbocycles. The van der Waals surface area contributed by atoms with Crippen molar-refractivity contribution in [2.24, 2.45) is 0 Å². The van der Waals surface area contributed by atoms with Crippen molar-refractivity contribution < 1.29 is 24.2 Å². The van der Waals surface area contributed by atoms with E-state index in [-0.39, 0.29) is 25.3 Å². The molecule has 0 aliphatic carbocycles. The van der Waals surface area contributed by atoms with Crippen LogP contribution in [0.2, 0.25) is 0 Å². The fourth-order valence-corrected chi connectivity index (χ4v) is 1.35. The molecule has 0 fully saturated rings. The van der Waals surface area contributed by atoms with Crippen LogP contribution in [0.25, 0.3) is 0 Å². The Bertz CT molecular complexity index is 245. The number of carboxylic acids is 1. The summed E-state index contributed by atoms with van der Waals surface area (Å²) in [4.78, 5) is 22.0. The van der Waals surface area contributed by atoms with E-state index in [0.29, 0.717) is 19.8 Å². The van der Waals surface area contributed by atoms with Crippen LogP contribution in [-0.2, 0) is 19.1 Å². The third-order valence-electron chi connectivity index (χ3n) is 2.15. The van der Waals surface area contributed by atoms with E-state index in [2.05, 4.69) is 5.32 Å². The van der Waals surface area contributed by atoms with Crippen LogP contribution in [0.3, 0.4) is 0 Å². The van der Waals surface area contributed by atoms with E-state index in [4.69, 9.17) is 14.6 Å². The van der Waals surface area contributed by atoms with Crippen molar-refractivity contribution in [2.45, 2.75) is 39.2 Å². The highest BCUT2D eigenvalue weighted by Gasteiger charge is 2.14. The molecule has 0 heterocycles. The Morgan fingerprint density at radius 1 is 1.28 bits per heavy atom. The molecule has 1 atom stereocenters. The lowest BCUT2D eigenvalue weighted by molar-refractivity contribution is -0.140. The van der Waals surface area contributed by atoms with Gasteiger partial charge in [0.05, 0.1) is 19.1 Å². The highest BCUT2D eigenvalue weighted by molar-refractivity contribution is 5.76. The number of hydrogen-bond acceptors (Lipinski definition) is 4. The molecule has 0 aliphatic heterocycles. The Morgan fingerprint density at radius 3 is 2.56 bits per heavy atom. The molecule has 0 saturated heterocycles. The highest BCUT2D eigenvalue weighted by atomic mass is 16.5. The normalized spacial score (nSPS) is 12.1. The number of ether oxygens (including phenoxy) is 2.